The van der Waals surface area contributed by atoms with Crippen LogP contribution in [0.25, 0.3) is 10.9 Å². The number of amides is 1. The number of nitrogens with zero attached hydrogens (tertiary/aromatic N) is 3. The van der Waals surface area contributed by atoms with Crippen LogP contribution in [0.3, 0.4) is 0 Å². The zero-order valence-corrected chi connectivity index (χ0v) is 14.8. The molecule has 2 aromatic carbocycles. The molecule has 1 N–H and O–H groups in total. The molecule has 1 fully saturated rings. The lowest BCUT2D eigenvalue weighted by atomic mass is 10.1. The third-order valence-electron chi connectivity index (χ3n) is 4.93. The molecule has 1 aliphatic rings. The minimum atomic E-state index is -0.235. The minimum absolute atomic E-state index is 0.0692. The Morgan fingerprint density at radius 3 is 2.67 bits per heavy atom. The highest BCUT2D eigenvalue weighted by molar-refractivity contribution is 6.02. The third kappa shape index (κ3) is 3.61. The number of halogens is 1. The number of pyridine rings is 1. The van der Waals surface area contributed by atoms with Gasteiger partial charge in [-0.1, -0.05) is 24.3 Å². The lowest BCUT2D eigenvalue weighted by molar-refractivity contribution is 0.0626. The average molecular weight is 365 g/mol. The number of phenolic OH excluding ortho intramolecular Hbond substituents is 1. The van der Waals surface area contributed by atoms with Crippen molar-refractivity contribution in [3.8, 4) is 5.75 Å². The Kier molecular flexibility index (Phi) is 4.73. The van der Waals surface area contributed by atoms with Gasteiger partial charge in [0.2, 0.25) is 0 Å². The molecule has 1 amide bonds. The summed E-state index contributed by atoms with van der Waals surface area (Å²) in [5, 5.41) is 11.3. The Morgan fingerprint density at radius 1 is 1.07 bits per heavy atom. The van der Waals surface area contributed by atoms with E-state index in [0.717, 1.165) is 10.9 Å². The number of carbonyl (C=O) groups is 1. The molecule has 3 aromatic rings. The van der Waals surface area contributed by atoms with Crippen LogP contribution in [0.1, 0.15) is 15.9 Å². The Morgan fingerprint density at radius 2 is 1.89 bits per heavy atom. The van der Waals surface area contributed by atoms with Crippen LogP contribution in [0.4, 0.5) is 4.39 Å². The van der Waals surface area contributed by atoms with Gasteiger partial charge >= 0.3 is 0 Å². The number of carbonyl (C=O) groups excluding carboxylic acids is 1. The van der Waals surface area contributed by atoms with Crippen molar-refractivity contribution in [3.05, 3.63) is 71.7 Å². The van der Waals surface area contributed by atoms with Gasteiger partial charge in [0.25, 0.3) is 5.91 Å². The average Bonchev–Trinajstić information content (AvgIpc) is 2.69. The molecule has 0 spiro atoms. The second-order valence-corrected chi connectivity index (χ2v) is 6.74. The third-order valence-corrected chi connectivity index (χ3v) is 4.93. The van der Waals surface area contributed by atoms with Gasteiger partial charge in [0, 0.05) is 44.3 Å². The van der Waals surface area contributed by atoms with Crippen LogP contribution in [0.15, 0.2) is 54.7 Å². The van der Waals surface area contributed by atoms with Crippen LogP contribution < -0.4 is 0 Å². The maximum Gasteiger partial charge on any atom is 0.257 e. The molecule has 1 saturated heterocycles. The maximum absolute atomic E-state index is 13.3. The second kappa shape index (κ2) is 7.32. The Balaban J connectivity index is 1.44. The van der Waals surface area contributed by atoms with Gasteiger partial charge in [-0.2, -0.15) is 0 Å². The summed E-state index contributed by atoms with van der Waals surface area (Å²) in [6.45, 7) is 3.19. The van der Waals surface area contributed by atoms with E-state index in [0.29, 0.717) is 38.2 Å². The van der Waals surface area contributed by atoms with Crippen molar-refractivity contribution in [1.29, 1.82) is 0 Å². The molecule has 0 unspecified atom stereocenters. The number of piperazine rings is 1. The number of aromatic hydroxyl groups is 1. The number of fused-ring (bicyclic) bond motifs is 1. The number of rotatable bonds is 3. The van der Waals surface area contributed by atoms with Gasteiger partial charge in [0.15, 0.2) is 5.75 Å². The summed E-state index contributed by atoms with van der Waals surface area (Å²) in [7, 11) is 0. The van der Waals surface area contributed by atoms with Crippen molar-refractivity contribution in [2.75, 3.05) is 26.2 Å². The topological polar surface area (TPSA) is 56.7 Å². The lowest BCUT2D eigenvalue weighted by Crippen LogP contribution is -2.48. The summed E-state index contributed by atoms with van der Waals surface area (Å²) in [5.41, 5.74) is 1.64. The first-order valence-corrected chi connectivity index (χ1v) is 8.94. The highest BCUT2D eigenvalue weighted by atomic mass is 19.1. The van der Waals surface area contributed by atoms with Crippen molar-refractivity contribution in [1.82, 2.24) is 14.8 Å². The van der Waals surface area contributed by atoms with Gasteiger partial charge in [-0.25, -0.2) is 4.39 Å². The zero-order valence-electron chi connectivity index (χ0n) is 14.8. The molecule has 27 heavy (non-hydrogen) atoms. The van der Waals surface area contributed by atoms with Crippen molar-refractivity contribution in [2.45, 2.75) is 6.54 Å². The first-order valence-electron chi connectivity index (χ1n) is 8.94. The molecule has 6 heteroatoms. The SMILES string of the molecule is O=C(c1ccc2cccnc2c1O)N1CCN(Cc2cccc(F)c2)CC1. The van der Waals surface area contributed by atoms with Gasteiger partial charge in [0.05, 0.1) is 5.56 Å². The number of benzene rings is 2. The summed E-state index contributed by atoms with van der Waals surface area (Å²) in [6.07, 6.45) is 1.60. The van der Waals surface area contributed by atoms with Crippen molar-refractivity contribution in [2.24, 2.45) is 0 Å². The Hall–Kier alpha value is -2.99. The number of hydrogen-bond acceptors (Lipinski definition) is 4. The molecule has 0 bridgehead atoms. The van der Waals surface area contributed by atoms with Crippen LogP contribution in [0.5, 0.6) is 5.75 Å². The number of hydrogen-bond donors (Lipinski definition) is 1. The summed E-state index contributed by atoms with van der Waals surface area (Å²) in [4.78, 5) is 21.0. The predicted molar refractivity (Wildman–Crippen MR) is 101 cm³/mol. The maximum atomic E-state index is 13.3. The molecule has 0 radical (unpaired) electrons. The van der Waals surface area contributed by atoms with Gasteiger partial charge in [-0.3, -0.25) is 14.7 Å². The lowest BCUT2D eigenvalue weighted by Gasteiger charge is -2.35. The van der Waals surface area contributed by atoms with Crippen LogP contribution in [-0.2, 0) is 6.54 Å². The van der Waals surface area contributed by atoms with E-state index in [1.54, 1.807) is 35.4 Å². The van der Waals surface area contributed by atoms with E-state index in [1.807, 2.05) is 12.1 Å². The molecule has 1 aliphatic heterocycles. The minimum Gasteiger partial charge on any atom is -0.505 e. The van der Waals surface area contributed by atoms with E-state index in [-0.39, 0.29) is 23.0 Å². The van der Waals surface area contributed by atoms with Crippen LogP contribution >= 0.6 is 0 Å². The summed E-state index contributed by atoms with van der Waals surface area (Å²) in [6, 6.07) is 13.7. The van der Waals surface area contributed by atoms with Gasteiger partial charge in [-0.15, -0.1) is 0 Å². The highest BCUT2D eigenvalue weighted by Gasteiger charge is 2.25. The van der Waals surface area contributed by atoms with E-state index in [2.05, 4.69) is 9.88 Å². The smallest absolute Gasteiger partial charge is 0.257 e. The standard InChI is InChI=1S/C21H20FN3O2/c22-17-5-1-3-15(13-17)14-24-9-11-25(12-10-24)21(27)18-7-6-16-4-2-8-23-19(16)20(18)26/h1-8,13,26H,9-12,14H2. The Bertz CT molecular complexity index is 984. The molecule has 2 heterocycles. The molecule has 4 rings (SSSR count). The van der Waals surface area contributed by atoms with E-state index < -0.39 is 0 Å². The van der Waals surface area contributed by atoms with Crippen LogP contribution in [-0.4, -0.2) is 52.0 Å². The highest BCUT2D eigenvalue weighted by Crippen LogP contribution is 2.28. The van der Waals surface area contributed by atoms with Crippen molar-refractivity contribution in [3.63, 3.8) is 0 Å². The number of aromatic nitrogens is 1. The fourth-order valence-corrected chi connectivity index (χ4v) is 3.48. The van der Waals surface area contributed by atoms with Gasteiger partial charge in [-0.05, 0) is 29.8 Å². The molecule has 0 saturated carbocycles. The van der Waals surface area contributed by atoms with Gasteiger partial charge in [0.1, 0.15) is 11.3 Å². The summed E-state index contributed by atoms with van der Waals surface area (Å²) < 4.78 is 13.3. The molecule has 0 aliphatic carbocycles. The predicted octanol–water partition coefficient (Wildman–Crippen LogP) is 3.04. The van der Waals surface area contributed by atoms with E-state index >= 15 is 0 Å². The first kappa shape index (κ1) is 17.4. The quantitative estimate of drug-likeness (QED) is 0.775. The van der Waals surface area contributed by atoms with Crippen LogP contribution in [0.2, 0.25) is 0 Å². The zero-order chi connectivity index (χ0) is 18.8. The number of phenols is 1. The van der Waals surface area contributed by atoms with Crippen molar-refractivity contribution < 1.29 is 14.3 Å². The molecule has 138 valence electrons. The fraction of sp³-hybridized carbons (Fsp3) is 0.238. The van der Waals surface area contributed by atoms with E-state index in [9.17, 15) is 14.3 Å². The summed E-state index contributed by atoms with van der Waals surface area (Å²) >= 11 is 0. The molecule has 1 aromatic heterocycles. The first-order chi connectivity index (χ1) is 13.1. The van der Waals surface area contributed by atoms with E-state index in [1.165, 1.54) is 12.1 Å². The van der Waals surface area contributed by atoms with E-state index in [4.69, 9.17) is 0 Å². The monoisotopic (exact) mass is 365 g/mol. The second-order valence-electron chi connectivity index (χ2n) is 6.74. The van der Waals surface area contributed by atoms with Crippen LogP contribution in [0, 0.1) is 5.82 Å². The summed E-state index contributed by atoms with van der Waals surface area (Å²) in [5.74, 6) is -0.493. The Labute approximate surface area is 156 Å². The van der Waals surface area contributed by atoms with Crippen molar-refractivity contribution >= 4 is 16.8 Å². The molecular formula is C21H20FN3O2. The normalized spacial score (nSPS) is 15.2. The largest absolute Gasteiger partial charge is 0.505 e. The van der Waals surface area contributed by atoms with Gasteiger partial charge < -0.3 is 10.0 Å². The molecular weight excluding hydrogens is 345 g/mol. The molecule has 0 atom stereocenters. The molecule has 5 nitrogen and oxygen atoms in total. The fourth-order valence-electron chi connectivity index (χ4n) is 3.48.